The molecule has 0 radical (unpaired) electrons. The largest absolute Gasteiger partial charge is 0.312 e. The summed E-state index contributed by atoms with van der Waals surface area (Å²) in [7, 11) is 0. The van der Waals surface area contributed by atoms with Crippen LogP contribution in [0, 0.1) is 17.6 Å². The molecule has 0 bridgehead atoms. The van der Waals surface area contributed by atoms with Crippen LogP contribution in [0.1, 0.15) is 29.3 Å². The van der Waals surface area contributed by atoms with Crippen LogP contribution in [-0.4, -0.2) is 24.3 Å². The quantitative estimate of drug-likeness (QED) is 0.791. The third-order valence-electron chi connectivity index (χ3n) is 4.64. The summed E-state index contributed by atoms with van der Waals surface area (Å²) >= 11 is 0. The minimum atomic E-state index is -1.11. The monoisotopic (exact) mass is 387 g/mol. The SMILES string of the molecule is CCc1ccc(N2C[C@@H](C(=O)NNC(=O)c3c(F)cccc3F)CC2=O)cc1. The molecular formula is C20H19F2N3O3. The number of nitrogens with one attached hydrogen (secondary N) is 2. The van der Waals surface area contributed by atoms with E-state index in [1.165, 1.54) is 4.90 Å². The summed E-state index contributed by atoms with van der Waals surface area (Å²) in [4.78, 5) is 38.0. The van der Waals surface area contributed by atoms with Crippen molar-refractivity contribution in [2.75, 3.05) is 11.4 Å². The van der Waals surface area contributed by atoms with Gasteiger partial charge in [0, 0.05) is 18.7 Å². The Morgan fingerprint density at radius 3 is 2.32 bits per heavy atom. The van der Waals surface area contributed by atoms with Gasteiger partial charge in [0.25, 0.3) is 5.91 Å². The van der Waals surface area contributed by atoms with Gasteiger partial charge in [0.15, 0.2) is 0 Å². The second-order valence-corrected chi connectivity index (χ2v) is 6.47. The van der Waals surface area contributed by atoms with Gasteiger partial charge in [-0.2, -0.15) is 0 Å². The van der Waals surface area contributed by atoms with E-state index >= 15 is 0 Å². The Morgan fingerprint density at radius 1 is 1.07 bits per heavy atom. The van der Waals surface area contributed by atoms with Crippen molar-refractivity contribution in [2.45, 2.75) is 19.8 Å². The number of carbonyl (C=O) groups excluding carboxylic acids is 3. The van der Waals surface area contributed by atoms with Crippen molar-refractivity contribution in [3.63, 3.8) is 0 Å². The molecule has 3 rings (SSSR count). The highest BCUT2D eigenvalue weighted by molar-refractivity contribution is 6.01. The summed E-state index contributed by atoms with van der Waals surface area (Å²) in [6.07, 6.45) is 0.854. The van der Waals surface area contributed by atoms with Gasteiger partial charge in [0.2, 0.25) is 11.8 Å². The number of benzene rings is 2. The van der Waals surface area contributed by atoms with Crippen molar-refractivity contribution < 1.29 is 23.2 Å². The molecule has 28 heavy (non-hydrogen) atoms. The van der Waals surface area contributed by atoms with Crippen LogP contribution in [0.2, 0.25) is 0 Å². The average Bonchev–Trinajstić information content (AvgIpc) is 3.08. The Morgan fingerprint density at radius 2 is 1.71 bits per heavy atom. The molecule has 0 aliphatic carbocycles. The highest BCUT2D eigenvalue weighted by Crippen LogP contribution is 2.25. The minimum absolute atomic E-state index is 0.0225. The lowest BCUT2D eigenvalue weighted by Gasteiger charge is -2.17. The van der Waals surface area contributed by atoms with Crippen LogP contribution >= 0.6 is 0 Å². The molecule has 6 nitrogen and oxygen atoms in total. The van der Waals surface area contributed by atoms with Crippen LogP contribution in [-0.2, 0) is 16.0 Å². The standard InChI is InChI=1S/C20H19F2N3O3/c1-2-12-6-8-14(9-7-12)25-11-13(10-17(25)26)19(27)23-24-20(28)18-15(21)4-3-5-16(18)22/h3-9,13H,2,10-11H2,1H3,(H,23,27)(H,24,28)/t13-/m0/s1. The van der Waals surface area contributed by atoms with Crippen LogP contribution in [0.4, 0.5) is 14.5 Å². The van der Waals surface area contributed by atoms with Gasteiger partial charge in [-0.15, -0.1) is 0 Å². The predicted octanol–water partition coefficient (Wildman–Crippen LogP) is 2.34. The van der Waals surface area contributed by atoms with E-state index in [2.05, 4.69) is 5.43 Å². The summed E-state index contributed by atoms with van der Waals surface area (Å²) in [6, 6.07) is 10.5. The first-order valence-electron chi connectivity index (χ1n) is 8.84. The molecule has 146 valence electrons. The van der Waals surface area contributed by atoms with Crippen molar-refractivity contribution in [3.8, 4) is 0 Å². The number of hydrogen-bond acceptors (Lipinski definition) is 3. The topological polar surface area (TPSA) is 78.5 Å². The average molecular weight is 387 g/mol. The second kappa shape index (κ2) is 8.16. The fourth-order valence-corrected chi connectivity index (χ4v) is 3.04. The summed E-state index contributed by atoms with van der Waals surface area (Å²) in [6.45, 7) is 2.18. The summed E-state index contributed by atoms with van der Waals surface area (Å²) in [5.41, 5.74) is 5.16. The number of hydrazine groups is 1. The molecule has 1 heterocycles. The third kappa shape index (κ3) is 4.00. The van der Waals surface area contributed by atoms with Crippen LogP contribution in [0.3, 0.4) is 0 Å². The zero-order chi connectivity index (χ0) is 20.3. The molecule has 1 aliphatic heterocycles. The van der Waals surface area contributed by atoms with E-state index in [1.54, 1.807) is 0 Å². The van der Waals surface area contributed by atoms with E-state index in [-0.39, 0.29) is 18.9 Å². The molecule has 1 aliphatic rings. The number of rotatable bonds is 4. The smallest absolute Gasteiger partial charge is 0.275 e. The number of carbonyl (C=O) groups is 3. The van der Waals surface area contributed by atoms with Crippen LogP contribution in [0.5, 0.6) is 0 Å². The van der Waals surface area contributed by atoms with Crippen molar-refractivity contribution in [2.24, 2.45) is 5.92 Å². The lowest BCUT2D eigenvalue weighted by Crippen LogP contribution is -2.45. The third-order valence-corrected chi connectivity index (χ3v) is 4.64. The van der Waals surface area contributed by atoms with Crippen molar-refractivity contribution >= 4 is 23.4 Å². The molecule has 2 N–H and O–H groups in total. The molecule has 8 heteroatoms. The van der Waals surface area contributed by atoms with Crippen molar-refractivity contribution in [1.29, 1.82) is 0 Å². The Hall–Kier alpha value is -3.29. The highest BCUT2D eigenvalue weighted by atomic mass is 19.1. The van der Waals surface area contributed by atoms with Gasteiger partial charge >= 0.3 is 0 Å². The van der Waals surface area contributed by atoms with E-state index in [9.17, 15) is 23.2 Å². The molecule has 0 saturated carbocycles. The van der Waals surface area contributed by atoms with Crippen LogP contribution in [0.15, 0.2) is 42.5 Å². The molecule has 0 spiro atoms. The first-order valence-corrected chi connectivity index (χ1v) is 8.84. The Bertz CT molecular complexity index is 895. The minimum Gasteiger partial charge on any atom is -0.312 e. The highest BCUT2D eigenvalue weighted by Gasteiger charge is 2.35. The fraction of sp³-hybridized carbons (Fsp3) is 0.250. The lowest BCUT2D eigenvalue weighted by molar-refractivity contribution is -0.126. The van der Waals surface area contributed by atoms with Gasteiger partial charge in [0.05, 0.1) is 5.92 Å². The van der Waals surface area contributed by atoms with Gasteiger partial charge in [-0.3, -0.25) is 25.2 Å². The van der Waals surface area contributed by atoms with E-state index in [0.717, 1.165) is 30.2 Å². The number of nitrogens with zero attached hydrogens (tertiary/aromatic N) is 1. The van der Waals surface area contributed by atoms with Crippen LogP contribution in [0.25, 0.3) is 0 Å². The first kappa shape index (κ1) is 19.5. The summed E-state index contributed by atoms with van der Waals surface area (Å²) < 4.78 is 27.2. The molecule has 1 atom stereocenters. The molecule has 1 saturated heterocycles. The number of halogens is 2. The van der Waals surface area contributed by atoms with E-state index < -0.39 is 34.9 Å². The molecule has 2 aromatic carbocycles. The van der Waals surface area contributed by atoms with Crippen LogP contribution < -0.4 is 15.8 Å². The predicted molar refractivity (Wildman–Crippen MR) is 98.2 cm³/mol. The lowest BCUT2D eigenvalue weighted by atomic mass is 10.1. The number of amides is 3. The molecular weight excluding hydrogens is 368 g/mol. The number of aryl methyl sites for hydroxylation is 1. The molecule has 0 unspecified atom stereocenters. The number of hydrogen-bond donors (Lipinski definition) is 2. The zero-order valence-corrected chi connectivity index (χ0v) is 15.2. The van der Waals surface area contributed by atoms with Crippen molar-refractivity contribution in [1.82, 2.24) is 10.9 Å². The van der Waals surface area contributed by atoms with Gasteiger partial charge in [-0.05, 0) is 36.2 Å². The Balaban J connectivity index is 1.61. The van der Waals surface area contributed by atoms with Crippen molar-refractivity contribution in [3.05, 3.63) is 65.2 Å². The maximum absolute atomic E-state index is 13.6. The first-order chi connectivity index (χ1) is 13.4. The normalized spacial score (nSPS) is 16.2. The summed E-state index contributed by atoms with van der Waals surface area (Å²) in [5, 5.41) is 0. The molecule has 2 aromatic rings. The van der Waals surface area contributed by atoms with Gasteiger partial charge in [0.1, 0.15) is 17.2 Å². The van der Waals surface area contributed by atoms with E-state index in [1.807, 2.05) is 36.6 Å². The molecule has 1 fully saturated rings. The molecule has 0 aromatic heterocycles. The fourth-order valence-electron chi connectivity index (χ4n) is 3.04. The van der Waals surface area contributed by atoms with Gasteiger partial charge < -0.3 is 4.90 Å². The Kier molecular flexibility index (Phi) is 5.67. The summed E-state index contributed by atoms with van der Waals surface area (Å²) in [5.74, 6) is -4.69. The van der Waals surface area contributed by atoms with E-state index in [4.69, 9.17) is 0 Å². The molecule has 3 amide bonds. The Labute approximate surface area is 160 Å². The zero-order valence-electron chi connectivity index (χ0n) is 15.2. The number of anilines is 1. The van der Waals surface area contributed by atoms with Gasteiger partial charge in [-0.25, -0.2) is 8.78 Å². The maximum Gasteiger partial charge on any atom is 0.275 e. The van der Waals surface area contributed by atoms with Gasteiger partial charge in [-0.1, -0.05) is 25.1 Å². The van der Waals surface area contributed by atoms with E-state index in [0.29, 0.717) is 5.69 Å². The maximum atomic E-state index is 13.6. The second-order valence-electron chi connectivity index (χ2n) is 6.47.